The quantitative estimate of drug-likeness (QED) is 0.275. The molecule has 0 radical (unpaired) electrons. The van der Waals surface area contributed by atoms with Crippen LogP contribution in [0.25, 0.3) is 0 Å². The minimum absolute atomic E-state index is 0.0224. The third kappa shape index (κ3) is 5.81. The molecule has 0 aromatic heterocycles. The molecular weight excluding hydrogens is 566 g/mol. The maximum absolute atomic E-state index is 14.3. The van der Waals surface area contributed by atoms with Crippen LogP contribution in [0, 0.1) is 23.2 Å². The number of fused-ring (bicyclic) bond motifs is 4. The van der Waals surface area contributed by atoms with Crippen molar-refractivity contribution in [3.8, 4) is 0 Å². The van der Waals surface area contributed by atoms with Gasteiger partial charge in [0.25, 0.3) is 0 Å². The molecular formula is C38H49NO6. The van der Waals surface area contributed by atoms with Gasteiger partial charge in [-0.3, -0.25) is 19.2 Å². The highest BCUT2D eigenvalue weighted by atomic mass is 16.6. The molecule has 3 saturated carbocycles. The smallest absolute Gasteiger partial charge is 0.306 e. The van der Waals surface area contributed by atoms with E-state index in [1.165, 1.54) is 42.0 Å². The summed E-state index contributed by atoms with van der Waals surface area (Å²) in [7, 11) is 4.05. The fourth-order valence-electron chi connectivity index (χ4n) is 9.84. The van der Waals surface area contributed by atoms with E-state index in [9.17, 15) is 19.2 Å². The van der Waals surface area contributed by atoms with Crippen LogP contribution in [0.3, 0.4) is 0 Å². The van der Waals surface area contributed by atoms with Gasteiger partial charge in [-0.1, -0.05) is 50.3 Å². The van der Waals surface area contributed by atoms with Gasteiger partial charge < -0.3 is 14.4 Å². The van der Waals surface area contributed by atoms with Crippen LogP contribution >= 0.6 is 0 Å². The zero-order chi connectivity index (χ0) is 31.9. The normalized spacial score (nSPS) is 31.1. The number of ketones is 2. The second-order valence-corrected chi connectivity index (χ2v) is 14.7. The Morgan fingerprint density at radius 3 is 2.40 bits per heavy atom. The number of Topliss-reactive ketones (excluding diaryl/α,β-unsaturated/α-hetero) is 1. The van der Waals surface area contributed by atoms with Crippen LogP contribution in [0.2, 0.25) is 0 Å². The maximum atomic E-state index is 14.3. The van der Waals surface area contributed by atoms with Crippen LogP contribution in [0.1, 0.15) is 109 Å². The van der Waals surface area contributed by atoms with E-state index in [0.717, 1.165) is 50.6 Å². The maximum Gasteiger partial charge on any atom is 0.306 e. The Bertz CT molecular complexity index is 1420. The van der Waals surface area contributed by atoms with E-state index < -0.39 is 17.0 Å². The highest BCUT2D eigenvalue weighted by Gasteiger charge is 2.68. The Morgan fingerprint density at radius 1 is 0.978 bits per heavy atom. The molecule has 0 heterocycles. The van der Waals surface area contributed by atoms with Crippen molar-refractivity contribution in [2.24, 2.45) is 23.2 Å². The van der Waals surface area contributed by atoms with Crippen LogP contribution in [0.15, 0.2) is 47.1 Å². The van der Waals surface area contributed by atoms with Crippen molar-refractivity contribution in [1.82, 2.24) is 0 Å². The Morgan fingerprint density at radius 2 is 1.71 bits per heavy atom. The lowest BCUT2D eigenvalue weighted by atomic mass is 9.50. The molecule has 7 heteroatoms. The topological polar surface area (TPSA) is 90.0 Å². The molecule has 1 aromatic rings. The number of hydrogen-bond donors (Lipinski definition) is 0. The van der Waals surface area contributed by atoms with Crippen molar-refractivity contribution < 1.29 is 28.7 Å². The second-order valence-electron chi connectivity index (χ2n) is 14.7. The van der Waals surface area contributed by atoms with Gasteiger partial charge in [-0.25, -0.2) is 0 Å². The van der Waals surface area contributed by atoms with Gasteiger partial charge in [-0.15, -0.1) is 0 Å². The first kappa shape index (κ1) is 31.7. The molecule has 45 heavy (non-hydrogen) atoms. The summed E-state index contributed by atoms with van der Waals surface area (Å²) in [5.41, 5.74) is 4.23. The molecule has 7 nitrogen and oxygen atoms in total. The van der Waals surface area contributed by atoms with E-state index in [0.29, 0.717) is 31.6 Å². The molecule has 6 rings (SSSR count). The number of carbonyl (C=O) groups excluding carboxylic acids is 4. The van der Waals surface area contributed by atoms with Crippen LogP contribution in [-0.4, -0.2) is 49.8 Å². The number of nitrogens with zero attached hydrogens (tertiary/aromatic N) is 1. The van der Waals surface area contributed by atoms with Gasteiger partial charge in [0, 0.05) is 50.9 Å². The van der Waals surface area contributed by atoms with Crippen molar-refractivity contribution >= 4 is 29.2 Å². The van der Waals surface area contributed by atoms with E-state index in [-0.39, 0.29) is 41.9 Å². The highest BCUT2D eigenvalue weighted by Crippen LogP contribution is 2.68. The Kier molecular flexibility index (Phi) is 8.84. The van der Waals surface area contributed by atoms with Gasteiger partial charge in [-0.2, -0.15) is 0 Å². The number of rotatable bonds is 9. The number of hydrogen-bond acceptors (Lipinski definition) is 7. The monoisotopic (exact) mass is 615 g/mol. The summed E-state index contributed by atoms with van der Waals surface area (Å²) in [6, 6.07) is 8.66. The Labute approximate surface area is 267 Å². The van der Waals surface area contributed by atoms with Crippen molar-refractivity contribution in [2.45, 2.75) is 109 Å². The van der Waals surface area contributed by atoms with E-state index in [1.807, 2.05) is 20.2 Å². The summed E-state index contributed by atoms with van der Waals surface area (Å²) in [6.07, 6.45) is 12.6. The standard InChI is InChI=1S/C38H49NO6/c1-24(40)45-38(34(42)23-44-35(43)18-9-25-7-5-6-8-25)20-19-33-31-16-12-27-21-29(41)15-17-30(27)36(31)32(22-37(33,38)2)26-10-13-28(14-11-26)39(3)4/h10-11,13-14,21,25,31-33H,5-9,12,15-20,22-23H2,1-4H3/t31-,32+,33-,37-,38-/m0/s1. The van der Waals surface area contributed by atoms with E-state index >= 15 is 0 Å². The summed E-state index contributed by atoms with van der Waals surface area (Å²) in [4.78, 5) is 54.3. The molecule has 0 spiro atoms. The Balaban J connectivity index is 1.34. The first-order chi connectivity index (χ1) is 21.5. The summed E-state index contributed by atoms with van der Waals surface area (Å²) in [5.74, 6) is 0.0357. The molecule has 5 atom stereocenters. The fraction of sp³-hybridized carbons (Fsp3) is 0.632. The number of benzene rings is 1. The fourth-order valence-corrected chi connectivity index (χ4v) is 9.84. The number of carbonyl (C=O) groups is 4. The molecule has 0 N–H and O–H groups in total. The summed E-state index contributed by atoms with van der Waals surface area (Å²) in [6.45, 7) is 3.16. The van der Waals surface area contributed by atoms with Crippen LogP contribution in [0.5, 0.6) is 0 Å². The first-order valence-corrected chi connectivity index (χ1v) is 17.1. The zero-order valence-electron chi connectivity index (χ0n) is 27.5. The second kappa shape index (κ2) is 12.5. The Hall–Kier alpha value is -3.22. The summed E-state index contributed by atoms with van der Waals surface area (Å²) in [5, 5.41) is 0. The largest absolute Gasteiger partial charge is 0.457 e. The van der Waals surface area contributed by atoms with Gasteiger partial charge >= 0.3 is 11.9 Å². The van der Waals surface area contributed by atoms with Crippen molar-refractivity contribution in [1.29, 1.82) is 0 Å². The molecule has 3 fully saturated rings. The van der Waals surface area contributed by atoms with Crippen LogP contribution in [-0.2, 0) is 28.7 Å². The van der Waals surface area contributed by atoms with Crippen molar-refractivity contribution in [2.75, 3.05) is 25.6 Å². The van der Waals surface area contributed by atoms with E-state index in [2.05, 4.69) is 36.1 Å². The molecule has 5 aliphatic carbocycles. The molecule has 5 aliphatic rings. The van der Waals surface area contributed by atoms with E-state index in [4.69, 9.17) is 9.47 Å². The van der Waals surface area contributed by atoms with Gasteiger partial charge in [0.1, 0.15) is 0 Å². The lowest BCUT2D eigenvalue weighted by molar-refractivity contribution is -0.186. The predicted octanol–water partition coefficient (Wildman–Crippen LogP) is 7.04. The third-order valence-electron chi connectivity index (χ3n) is 12.0. The molecule has 0 unspecified atom stereocenters. The number of ether oxygens (including phenoxy) is 2. The SMILES string of the molecule is CC(=O)O[C@]1(C(=O)COC(=O)CCC2CCCC2)CC[C@H]2[C@@H]3CCC4=CC(=O)CCC4=C3[C@@H](c3ccc(N(C)C)cc3)C[C@@]21C. The molecule has 0 aliphatic heterocycles. The van der Waals surface area contributed by atoms with Gasteiger partial charge in [0.15, 0.2) is 18.0 Å². The van der Waals surface area contributed by atoms with E-state index in [1.54, 1.807) is 0 Å². The minimum atomic E-state index is -1.36. The minimum Gasteiger partial charge on any atom is -0.457 e. The number of allylic oxidation sites excluding steroid dienone is 4. The third-order valence-corrected chi connectivity index (χ3v) is 12.0. The van der Waals surface area contributed by atoms with Crippen molar-refractivity contribution in [3.63, 3.8) is 0 Å². The molecule has 0 amide bonds. The lowest BCUT2D eigenvalue weighted by Gasteiger charge is -2.55. The van der Waals surface area contributed by atoms with Gasteiger partial charge in [-0.05, 0) is 97.6 Å². The van der Waals surface area contributed by atoms with Gasteiger partial charge in [0.05, 0.1) is 0 Å². The summed E-state index contributed by atoms with van der Waals surface area (Å²) < 4.78 is 11.8. The molecule has 0 saturated heterocycles. The average Bonchev–Trinajstić information content (AvgIpc) is 3.64. The van der Waals surface area contributed by atoms with Gasteiger partial charge in [0.2, 0.25) is 5.78 Å². The number of anilines is 1. The lowest BCUT2D eigenvalue weighted by Crippen LogP contribution is -2.58. The van der Waals surface area contributed by atoms with Crippen LogP contribution in [0.4, 0.5) is 5.69 Å². The highest BCUT2D eigenvalue weighted by molar-refractivity contribution is 5.94. The molecule has 242 valence electrons. The number of esters is 2. The van der Waals surface area contributed by atoms with Crippen molar-refractivity contribution in [3.05, 3.63) is 52.6 Å². The molecule has 0 bridgehead atoms. The van der Waals surface area contributed by atoms with Crippen LogP contribution < -0.4 is 4.90 Å². The first-order valence-electron chi connectivity index (χ1n) is 17.1. The summed E-state index contributed by atoms with van der Waals surface area (Å²) >= 11 is 0. The zero-order valence-corrected chi connectivity index (χ0v) is 27.5. The predicted molar refractivity (Wildman–Crippen MR) is 173 cm³/mol. The molecule has 1 aromatic carbocycles. The average molecular weight is 616 g/mol.